The Labute approximate surface area is 88.4 Å². The molecule has 78 valence electrons. The zero-order valence-corrected chi connectivity index (χ0v) is 8.18. The summed E-state index contributed by atoms with van der Waals surface area (Å²) in [6, 6.07) is 6.06. The van der Waals surface area contributed by atoms with Crippen LogP contribution >= 0.6 is 0 Å². The molecule has 1 rings (SSSR count). The van der Waals surface area contributed by atoms with Gasteiger partial charge in [-0.2, -0.15) is 0 Å². The van der Waals surface area contributed by atoms with Crippen molar-refractivity contribution in [2.45, 2.75) is 0 Å². The van der Waals surface area contributed by atoms with Gasteiger partial charge in [0.2, 0.25) is 0 Å². The molecule has 0 aliphatic heterocycles. The third-order valence-electron chi connectivity index (χ3n) is 1.88. The van der Waals surface area contributed by atoms with E-state index in [0.29, 0.717) is 17.6 Å². The molecule has 4 nitrogen and oxygen atoms in total. The second-order valence-corrected chi connectivity index (χ2v) is 2.99. The van der Waals surface area contributed by atoms with E-state index >= 15 is 0 Å². The molecule has 3 N–H and O–H groups in total. The molecule has 0 aromatic heterocycles. The van der Waals surface area contributed by atoms with E-state index in [9.17, 15) is 4.79 Å². The van der Waals surface area contributed by atoms with Crippen molar-refractivity contribution in [1.29, 1.82) is 0 Å². The highest BCUT2D eigenvalue weighted by molar-refractivity contribution is 6.58. The Hall–Kier alpha value is -1.59. The molecular weight excluding hydrogens is 193 g/mol. The Morgan fingerprint density at radius 2 is 2.00 bits per heavy atom. The zero-order chi connectivity index (χ0) is 11.3. The summed E-state index contributed by atoms with van der Waals surface area (Å²) in [7, 11) is -1.50. The zero-order valence-electron chi connectivity index (χ0n) is 8.18. The molecule has 0 unspecified atom stereocenters. The summed E-state index contributed by atoms with van der Waals surface area (Å²) < 4.78 is 0. The van der Waals surface area contributed by atoms with Crippen LogP contribution in [0, 0.1) is 0 Å². The van der Waals surface area contributed by atoms with Gasteiger partial charge in [-0.05, 0) is 17.6 Å². The number of rotatable bonds is 4. The number of nitrogens with one attached hydrogen (secondary N) is 1. The van der Waals surface area contributed by atoms with Gasteiger partial charge in [0, 0.05) is 12.1 Å². The molecule has 1 aromatic carbocycles. The van der Waals surface area contributed by atoms with Crippen molar-refractivity contribution < 1.29 is 14.8 Å². The summed E-state index contributed by atoms with van der Waals surface area (Å²) in [5.74, 6) is -0.214. The average Bonchev–Trinajstić information content (AvgIpc) is 2.26. The van der Waals surface area contributed by atoms with E-state index in [1.54, 1.807) is 6.08 Å². The SMILES string of the molecule is C=CCNC(=O)c1ccc(B(O)O)cc1. The van der Waals surface area contributed by atoms with E-state index in [1.165, 1.54) is 24.3 Å². The normalized spacial score (nSPS) is 9.47. The first-order chi connectivity index (χ1) is 7.15. The van der Waals surface area contributed by atoms with Crippen LogP contribution in [0.25, 0.3) is 0 Å². The highest BCUT2D eigenvalue weighted by Crippen LogP contribution is 1.96. The summed E-state index contributed by atoms with van der Waals surface area (Å²) in [6.07, 6.45) is 1.59. The van der Waals surface area contributed by atoms with Crippen molar-refractivity contribution in [3.05, 3.63) is 42.5 Å². The van der Waals surface area contributed by atoms with E-state index in [-0.39, 0.29) is 5.91 Å². The maximum atomic E-state index is 11.4. The fourth-order valence-electron chi connectivity index (χ4n) is 1.07. The third kappa shape index (κ3) is 3.23. The fourth-order valence-corrected chi connectivity index (χ4v) is 1.07. The lowest BCUT2D eigenvalue weighted by molar-refractivity contribution is 0.0958. The highest BCUT2D eigenvalue weighted by atomic mass is 16.4. The predicted octanol–water partition coefficient (Wildman–Crippen LogP) is -0.718. The van der Waals surface area contributed by atoms with Gasteiger partial charge in [-0.3, -0.25) is 4.79 Å². The number of hydrogen-bond acceptors (Lipinski definition) is 3. The molecule has 0 spiro atoms. The molecule has 5 heteroatoms. The number of hydrogen-bond donors (Lipinski definition) is 3. The van der Waals surface area contributed by atoms with Gasteiger partial charge in [0.25, 0.3) is 5.91 Å². The summed E-state index contributed by atoms with van der Waals surface area (Å²) in [5.41, 5.74) is 0.830. The van der Waals surface area contributed by atoms with Crippen LogP contribution in [0.1, 0.15) is 10.4 Å². The minimum atomic E-state index is -1.50. The Morgan fingerprint density at radius 1 is 1.40 bits per heavy atom. The van der Waals surface area contributed by atoms with Crippen molar-refractivity contribution in [3.63, 3.8) is 0 Å². The van der Waals surface area contributed by atoms with Gasteiger partial charge in [0.1, 0.15) is 0 Å². The summed E-state index contributed by atoms with van der Waals surface area (Å²) in [5, 5.41) is 20.3. The maximum Gasteiger partial charge on any atom is 0.488 e. The van der Waals surface area contributed by atoms with E-state index in [1.807, 2.05) is 0 Å². The Bertz CT molecular complexity index is 348. The number of carbonyl (C=O) groups is 1. The van der Waals surface area contributed by atoms with Gasteiger partial charge in [0.05, 0.1) is 0 Å². The monoisotopic (exact) mass is 205 g/mol. The molecule has 15 heavy (non-hydrogen) atoms. The van der Waals surface area contributed by atoms with Crippen LogP contribution in [-0.4, -0.2) is 29.6 Å². The van der Waals surface area contributed by atoms with Gasteiger partial charge in [-0.15, -0.1) is 6.58 Å². The fraction of sp³-hybridized carbons (Fsp3) is 0.100. The van der Waals surface area contributed by atoms with Crippen molar-refractivity contribution in [1.82, 2.24) is 5.32 Å². The van der Waals surface area contributed by atoms with Crippen LogP contribution in [0.2, 0.25) is 0 Å². The first-order valence-corrected chi connectivity index (χ1v) is 4.50. The quantitative estimate of drug-likeness (QED) is 0.448. The third-order valence-corrected chi connectivity index (χ3v) is 1.88. The first kappa shape index (κ1) is 11.5. The Morgan fingerprint density at radius 3 is 2.47 bits per heavy atom. The highest BCUT2D eigenvalue weighted by Gasteiger charge is 2.11. The number of carbonyl (C=O) groups excluding carboxylic acids is 1. The Balaban J connectivity index is 2.71. The van der Waals surface area contributed by atoms with Crippen molar-refractivity contribution >= 4 is 18.5 Å². The second-order valence-electron chi connectivity index (χ2n) is 2.99. The lowest BCUT2D eigenvalue weighted by atomic mass is 9.80. The summed E-state index contributed by atoms with van der Waals surface area (Å²) in [6.45, 7) is 3.89. The van der Waals surface area contributed by atoms with Gasteiger partial charge in [0.15, 0.2) is 0 Å². The summed E-state index contributed by atoms with van der Waals surface area (Å²) >= 11 is 0. The lowest BCUT2D eigenvalue weighted by Crippen LogP contribution is -2.30. The van der Waals surface area contributed by atoms with Gasteiger partial charge in [-0.25, -0.2) is 0 Å². The molecular formula is C10H12BNO3. The molecule has 0 atom stereocenters. The number of benzene rings is 1. The van der Waals surface area contributed by atoms with E-state index in [0.717, 1.165) is 0 Å². The van der Waals surface area contributed by atoms with E-state index < -0.39 is 7.12 Å². The first-order valence-electron chi connectivity index (χ1n) is 4.50. The Kier molecular flexibility index (Phi) is 4.09. The molecule has 0 aliphatic carbocycles. The molecule has 1 amide bonds. The van der Waals surface area contributed by atoms with Crippen molar-refractivity contribution in [3.8, 4) is 0 Å². The molecule has 0 aliphatic rings. The van der Waals surface area contributed by atoms with E-state index in [4.69, 9.17) is 10.0 Å². The standard InChI is InChI=1S/C10H12BNO3/c1-2-7-12-10(13)8-3-5-9(6-4-8)11(14)15/h2-6,14-15H,1,7H2,(H,12,13). The lowest BCUT2D eigenvalue weighted by Gasteiger charge is -2.03. The largest absolute Gasteiger partial charge is 0.488 e. The molecule has 0 heterocycles. The van der Waals surface area contributed by atoms with Crippen molar-refractivity contribution in [2.24, 2.45) is 0 Å². The maximum absolute atomic E-state index is 11.4. The van der Waals surface area contributed by atoms with E-state index in [2.05, 4.69) is 11.9 Å². The van der Waals surface area contributed by atoms with Crippen LogP contribution < -0.4 is 10.8 Å². The minimum Gasteiger partial charge on any atom is -0.423 e. The van der Waals surface area contributed by atoms with Gasteiger partial charge in [-0.1, -0.05) is 18.2 Å². The minimum absolute atomic E-state index is 0.214. The van der Waals surface area contributed by atoms with Crippen LogP contribution in [-0.2, 0) is 0 Å². The van der Waals surface area contributed by atoms with Crippen LogP contribution in [0.5, 0.6) is 0 Å². The van der Waals surface area contributed by atoms with Crippen LogP contribution in [0.3, 0.4) is 0 Å². The second kappa shape index (κ2) is 5.33. The molecule has 1 aromatic rings. The van der Waals surface area contributed by atoms with Crippen LogP contribution in [0.15, 0.2) is 36.9 Å². The van der Waals surface area contributed by atoms with Gasteiger partial charge < -0.3 is 15.4 Å². The topological polar surface area (TPSA) is 69.6 Å². The smallest absolute Gasteiger partial charge is 0.423 e. The van der Waals surface area contributed by atoms with Gasteiger partial charge >= 0.3 is 7.12 Å². The number of amides is 1. The summed E-state index contributed by atoms with van der Waals surface area (Å²) in [4.78, 5) is 11.4. The molecule has 0 bridgehead atoms. The molecule has 0 saturated heterocycles. The average molecular weight is 205 g/mol. The predicted molar refractivity (Wildman–Crippen MR) is 58.8 cm³/mol. The molecule has 0 radical (unpaired) electrons. The van der Waals surface area contributed by atoms with Crippen molar-refractivity contribution in [2.75, 3.05) is 6.54 Å². The molecule has 0 saturated carbocycles. The van der Waals surface area contributed by atoms with Crippen LogP contribution in [0.4, 0.5) is 0 Å². The molecule has 0 fully saturated rings.